The van der Waals surface area contributed by atoms with Crippen molar-refractivity contribution in [1.82, 2.24) is 9.88 Å². The minimum atomic E-state index is -0.0435. The van der Waals surface area contributed by atoms with Gasteiger partial charge >= 0.3 is 0 Å². The lowest BCUT2D eigenvalue weighted by Crippen LogP contribution is -2.45. The normalized spacial score (nSPS) is 17.7. The van der Waals surface area contributed by atoms with E-state index in [0.29, 0.717) is 36.3 Å². The minimum Gasteiger partial charge on any atom is -0.489 e. The van der Waals surface area contributed by atoms with E-state index in [-0.39, 0.29) is 12.7 Å². The number of ether oxygens (including phenoxy) is 2. The molecule has 27 heavy (non-hydrogen) atoms. The average molecular weight is 457 g/mol. The van der Waals surface area contributed by atoms with Crippen molar-refractivity contribution >= 4 is 39.0 Å². The minimum absolute atomic E-state index is 0.0435. The topological polar surface area (TPSA) is 66.9 Å². The summed E-state index contributed by atoms with van der Waals surface area (Å²) in [5, 5.41) is 13.0. The maximum Gasteiger partial charge on any atom is 0.144 e. The summed E-state index contributed by atoms with van der Waals surface area (Å²) in [6, 6.07) is 7.43. The van der Waals surface area contributed by atoms with Gasteiger partial charge in [0.25, 0.3) is 0 Å². The molecule has 0 bridgehead atoms. The Morgan fingerprint density at radius 3 is 3.07 bits per heavy atom. The molecule has 2 N–H and O–H groups in total. The van der Waals surface area contributed by atoms with Crippen LogP contribution < -0.4 is 10.1 Å². The molecule has 1 saturated heterocycles. The van der Waals surface area contributed by atoms with Crippen LogP contribution >= 0.6 is 27.5 Å². The van der Waals surface area contributed by atoms with Gasteiger partial charge in [0.05, 0.1) is 23.4 Å². The van der Waals surface area contributed by atoms with Crippen LogP contribution in [0.25, 0.3) is 0 Å². The molecule has 0 radical (unpaired) electrons. The SMILES string of the molecule is Cc1cnc(Nc2cc(Cl)ccc2OCC2CN(CCO)CCO2)c(Br)c1. The Balaban J connectivity index is 1.68. The molecule has 1 unspecified atom stereocenters. The molecule has 1 aliphatic rings. The number of pyridine rings is 1. The van der Waals surface area contributed by atoms with Crippen LogP contribution in [0.15, 0.2) is 34.9 Å². The highest BCUT2D eigenvalue weighted by molar-refractivity contribution is 9.10. The summed E-state index contributed by atoms with van der Waals surface area (Å²) in [6.07, 6.45) is 1.75. The fourth-order valence-corrected chi connectivity index (χ4v) is 3.62. The van der Waals surface area contributed by atoms with E-state index in [0.717, 1.165) is 28.8 Å². The lowest BCUT2D eigenvalue weighted by Gasteiger charge is -2.32. The average Bonchev–Trinajstić information content (AvgIpc) is 2.64. The van der Waals surface area contributed by atoms with Gasteiger partial charge in [-0.25, -0.2) is 4.98 Å². The third-order valence-electron chi connectivity index (χ3n) is 4.24. The second-order valence-electron chi connectivity index (χ2n) is 6.44. The van der Waals surface area contributed by atoms with Crippen LogP contribution in [0.2, 0.25) is 5.02 Å². The van der Waals surface area contributed by atoms with E-state index in [1.54, 1.807) is 12.3 Å². The second kappa shape index (κ2) is 9.71. The number of β-amino-alcohol motifs (C(OH)–C–C–N with tert-alkyl or cyclic N) is 1. The first-order valence-electron chi connectivity index (χ1n) is 8.81. The van der Waals surface area contributed by atoms with Crippen molar-refractivity contribution < 1.29 is 14.6 Å². The summed E-state index contributed by atoms with van der Waals surface area (Å²) < 4.78 is 12.7. The molecule has 0 spiro atoms. The van der Waals surface area contributed by atoms with E-state index in [4.69, 9.17) is 26.2 Å². The van der Waals surface area contributed by atoms with Gasteiger partial charge in [0, 0.05) is 30.9 Å². The molecule has 8 heteroatoms. The number of hydrogen-bond acceptors (Lipinski definition) is 6. The molecule has 2 heterocycles. The van der Waals surface area contributed by atoms with Gasteiger partial charge in [-0.1, -0.05) is 11.6 Å². The monoisotopic (exact) mass is 455 g/mol. The quantitative estimate of drug-likeness (QED) is 0.663. The van der Waals surface area contributed by atoms with Crippen LogP contribution in [0.3, 0.4) is 0 Å². The van der Waals surface area contributed by atoms with Crippen LogP contribution in [-0.4, -0.2) is 60.5 Å². The Morgan fingerprint density at radius 2 is 2.30 bits per heavy atom. The maximum atomic E-state index is 9.11. The summed E-state index contributed by atoms with van der Waals surface area (Å²) >= 11 is 9.69. The second-order valence-corrected chi connectivity index (χ2v) is 7.73. The number of nitrogens with one attached hydrogen (secondary N) is 1. The highest BCUT2D eigenvalue weighted by Gasteiger charge is 2.21. The third kappa shape index (κ3) is 5.80. The number of morpholine rings is 1. The molecule has 0 amide bonds. The number of rotatable bonds is 7. The molecule has 3 rings (SSSR count). The number of aryl methyl sites for hydroxylation is 1. The van der Waals surface area contributed by atoms with E-state index >= 15 is 0 Å². The summed E-state index contributed by atoms with van der Waals surface area (Å²) in [6.45, 7) is 5.42. The van der Waals surface area contributed by atoms with E-state index in [1.165, 1.54) is 0 Å². The Morgan fingerprint density at radius 1 is 1.44 bits per heavy atom. The molecule has 2 aromatic rings. The van der Waals surface area contributed by atoms with Gasteiger partial charge in [-0.3, -0.25) is 4.90 Å². The smallest absolute Gasteiger partial charge is 0.144 e. The van der Waals surface area contributed by atoms with Gasteiger partial charge in [-0.15, -0.1) is 0 Å². The van der Waals surface area contributed by atoms with Crippen LogP contribution in [0.5, 0.6) is 5.75 Å². The molecule has 1 aromatic carbocycles. The Hall–Kier alpha value is -1.38. The van der Waals surface area contributed by atoms with E-state index < -0.39 is 0 Å². The van der Waals surface area contributed by atoms with Gasteiger partial charge in [0.15, 0.2) is 0 Å². The molecule has 6 nitrogen and oxygen atoms in total. The molecule has 1 fully saturated rings. The predicted molar refractivity (Wildman–Crippen MR) is 110 cm³/mol. The zero-order valence-corrected chi connectivity index (χ0v) is 17.5. The lowest BCUT2D eigenvalue weighted by atomic mass is 10.2. The largest absolute Gasteiger partial charge is 0.489 e. The zero-order chi connectivity index (χ0) is 19.2. The molecular weight excluding hydrogens is 434 g/mol. The van der Waals surface area contributed by atoms with Crippen molar-refractivity contribution in [1.29, 1.82) is 0 Å². The van der Waals surface area contributed by atoms with E-state index in [9.17, 15) is 0 Å². The van der Waals surface area contributed by atoms with E-state index in [1.807, 2.05) is 25.1 Å². The zero-order valence-electron chi connectivity index (χ0n) is 15.1. The van der Waals surface area contributed by atoms with Gasteiger partial charge in [0.2, 0.25) is 0 Å². The standard InChI is InChI=1S/C19H23BrClN3O3/c1-13-8-16(20)19(22-10-13)23-17-9-14(21)2-3-18(17)27-12-15-11-24(4-6-25)5-7-26-15/h2-3,8-10,15,25H,4-7,11-12H2,1H3,(H,22,23). The van der Waals surface area contributed by atoms with Gasteiger partial charge in [-0.2, -0.15) is 0 Å². The molecule has 0 saturated carbocycles. The van der Waals surface area contributed by atoms with E-state index in [2.05, 4.69) is 31.1 Å². The summed E-state index contributed by atoms with van der Waals surface area (Å²) in [5.74, 6) is 1.37. The fourth-order valence-electron chi connectivity index (χ4n) is 2.89. The Labute approximate surface area is 172 Å². The highest BCUT2D eigenvalue weighted by atomic mass is 79.9. The maximum absolute atomic E-state index is 9.11. The van der Waals surface area contributed by atoms with Crippen LogP contribution in [0, 0.1) is 6.92 Å². The van der Waals surface area contributed by atoms with Crippen molar-refractivity contribution in [3.63, 3.8) is 0 Å². The summed E-state index contributed by atoms with van der Waals surface area (Å²) in [7, 11) is 0. The fraction of sp³-hybridized carbons (Fsp3) is 0.421. The molecule has 146 valence electrons. The molecule has 1 aliphatic heterocycles. The summed E-state index contributed by atoms with van der Waals surface area (Å²) in [5.41, 5.74) is 1.81. The van der Waals surface area contributed by atoms with Crippen molar-refractivity contribution in [3.8, 4) is 5.75 Å². The molecule has 1 atom stereocenters. The lowest BCUT2D eigenvalue weighted by molar-refractivity contribution is -0.0507. The van der Waals surface area contributed by atoms with Crippen molar-refractivity contribution in [3.05, 3.63) is 45.5 Å². The first-order valence-corrected chi connectivity index (χ1v) is 9.98. The van der Waals surface area contributed by atoms with Gasteiger partial charge < -0.3 is 19.9 Å². The first-order chi connectivity index (χ1) is 13.0. The van der Waals surface area contributed by atoms with Crippen molar-refractivity contribution in [2.75, 3.05) is 44.8 Å². The number of benzene rings is 1. The van der Waals surface area contributed by atoms with Crippen LogP contribution in [-0.2, 0) is 4.74 Å². The Bertz CT molecular complexity index is 776. The predicted octanol–water partition coefficient (Wildman–Crippen LogP) is 3.62. The molecular formula is C19H23BrClN3O3. The third-order valence-corrected chi connectivity index (χ3v) is 5.08. The number of aromatic nitrogens is 1. The van der Waals surface area contributed by atoms with Gasteiger partial charge in [-0.05, 0) is 52.7 Å². The first kappa shape index (κ1) is 20.4. The number of aliphatic hydroxyl groups is 1. The van der Waals surface area contributed by atoms with Crippen molar-refractivity contribution in [2.24, 2.45) is 0 Å². The Kier molecular flexibility index (Phi) is 7.32. The van der Waals surface area contributed by atoms with Crippen molar-refractivity contribution in [2.45, 2.75) is 13.0 Å². The molecule has 0 aliphatic carbocycles. The van der Waals surface area contributed by atoms with Gasteiger partial charge in [0.1, 0.15) is 24.3 Å². The molecule has 1 aromatic heterocycles. The highest BCUT2D eigenvalue weighted by Crippen LogP contribution is 2.33. The van der Waals surface area contributed by atoms with Crippen LogP contribution in [0.1, 0.15) is 5.56 Å². The van der Waals surface area contributed by atoms with Crippen LogP contribution in [0.4, 0.5) is 11.5 Å². The number of anilines is 2. The summed E-state index contributed by atoms with van der Waals surface area (Å²) in [4.78, 5) is 6.59. The number of hydrogen-bond donors (Lipinski definition) is 2. The number of nitrogens with zero attached hydrogens (tertiary/aromatic N) is 2. The number of aliphatic hydroxyl groups excluding tert-OH is 1. The number of halogens is 2.